The van der Waals surface area contributed by atoms with Crippen molar-refractivity contribution in [3.63, 3.8) is 0 Å². The van der Waals surface area contributed by atoms with Gasteiger partial charge < -0.3 is 5.11 Å². The zero-order valence-electron chi connectivity index (χ0n) is 10.1. The van der Waals surface area contributed by atoms with E-state index in [0.29, 0.717) is 24.6 Å². The largest absolute Gasteiger partial charge is 0.389 e. The molecule has 3 rings (SSSR count). The lowest BCUT2D eigenvalue weighted by atomic mass is 10.1. The van der Waals surface area contributed by atoms with E-state index < -0.39 is 5.60 Å². The molecule has 18 heavy (non-hydrogen) atoms. The molecule has 7 nitrogen and oxygen atoms in total. The Hall–Kier alpha value is -1.73. The summed E-state index contributed by atoms with van der Waals surface area (Å²) in [4.78, 5) is 22.1. The molecule has 96 valence electrons. The molecule has 2 N–H and O–H groups in total. The van der Waals surface area contributed by atoms with Crippen LogP contribution in [0.3, 0.4) is 0 Å². The number of hydrogen-bond donors (Lipinski definition) is 2. The lowest BCUT2D eigenvalue weighted by molar-refractivity contribution is 0.0677. The van der Waals surface area contributed by atoms with E-state index >= 15 is 0 Å². The number of fused-ring (bicyclic) bond motifs is 1. The molecule has 0 radical (unpaired) electrons. The van der Waals surface area contributed by atoms with Gasteiger partial charge in [0, 0.05) is 25.7 Å². The predicted octanol–water partition coefficient (Wildman–Crippen LogP) is -0.626. The third kappa shape index (κ3) is 2.02. The quantitative estimate of drug-likeness (QED) is 0.740. The van der Waals surface area contributed by atoms with Crippen LogP contribution in [0.15, 0.2) is 17.2 Å². The van der Waals surface area contributed by atoms with Crippen LogP contribution in [-0.4, -0.2) is 48.3 Å². The second-order valence-electron chi connectivity index (χ2n) is 5.07. The molecule has 0 aromatic carbocycles. The molecule has 7 heteroatoms. The zero-order valence-corrected chi connectivity index (χ0v) is 10.1. The number of nitrogens with one attached hydrogen (secondary N) is 1. The molecule has 1 aliphatic heterocycles. The van der Waals surface area contributed by atoms with E-state index in [2.05, 4.69) is 20.0 Å². The smallest absolute Gasteiger partial charge is 0.274 e. The molecule has 0 spiro atoms. The highest BCUT2D eigenvalue weighted by atomic mass is 16.3. The van der Waals surface area contributed by atoms with Crippen molar-refractivity contribution in [2.75, 3.05) is 13.1 Å². The van der Waals surface area contributed by atoms with Crippen molar-refractivity contribution in [3.8, 4) is 0 Å². The molecule has 2 aromatic rings. The van der Waals surface area contributed by atoms with Gasteiger partial charge in [0.05, 0.1) is 11.3 Å². The van der Waals surface area contributed by atoms with Gasteiger partial charge in [-0.1, -0.05) is 0 Å². The van der Waals surface area contributed by atoms with Gasteiger partial charge in [0.25, 0.3) is 11.3 Å². The van der Waals surface area contributed by atoms with Crippen molar-refractivity contribution in [3.05, 3.63) is 28.4 Å². The van der Waals surface area contributed by atoms with Gasteiger partial charge in [0.1, 0.15) is 6.33 Å². The number of aromatic amines is 1. The van der Waals surface area contributed by atoms with Gasteiger partial charge >= 0.3 is 0 Å². The van der Waals surface area contributed by atoms with Crippen LogP contribution in [0.1, 0.15) is 19.0 Å². The molecule has 1 aliphatic rings. The zero-order chi connectivity index (χ0) is 12.8. The topological polar surface area (TPSA) is 86.5 Å². The average Bonchev–Trinajstić information content (AvgIpc) is 2.85. The van der Waals surface area contributed by atoms with Gasteiger partial charge in [-0.3, -0.25) is 14.8 Å². The third-order valence-corrected chi connectivity index (χ3v) is 3.24. The van der Waals surface area contributed by atoms with E-state index in [1.807, 2.05) is 6.92 Å². The molecule has 1 atom stereocenters. The standard InChI is InChI=1S/C11H15N5O2/c1-11(18)2-3-15(6-11)5-8-4-9(17)16-10(14-8)12-7-13-16/h4,7,18H,2-3,5-6H2,1H3,(H,12,13,14). The van der Waals surface area contributed by atoms with E-state index in [1.54, 1.807) is 0 Å². The lowest BCUT2D eigenvalue weighted by Gasteiger charge is -2.18. The first-order valence-corrected chi connectivity index (χ1v) is 5.90. The van der Waals surface area contributed by atoms with Gasteiger partial charge in [-0.2, -0.15) is 4.52 Å². The average molecular weight is 249 g/mol. The van der Waals surface area contributed by atoms with Crippen molar-refractivity contribution in [1.29, 1.82) is 0 Å². The first-order chi connectivity index (χ1) is 8.53. The molecule has 1 fully saturated rings. The molecule has 1 saturated heterocycles. The van der Waals surface area contributed by atoms with E-state index in [1.165, 1.54) is 16.9 Å². The number of likely N-dealkylation sites (tertiary alicyclic amines) is 1. The Morgan fingerprint density at radius 3 is 3.17 bits per heavy atom. The van der Waals surface area contributed by atoms with Crippen LogP contribution >= 0.6 is 0 Å². The number of hydrogen-bond acceptors (Lipinski definition) is 5. The molecule has 0 aliphatic carbocycles. The summed E-state index contributed by atoms with van der Waals surface area (Å²) in [6.45, 7) is 3.81. The van der Waals surface area contributed by atoms with Crippen molar-refractivity contribution in [2.45, 2.75) is 25.5 Å². The summed E-state index contributed by atoms with van der Waals surface area (Å²) >= 11 is 0. The van der Waals surface area contributed by atoms with Crippen molar-refractivity contribution in [1.82, 2.24) is 24.5 Å². The van der Waals surface area contributed by atoms with Crippen LogP contribution in [0.2, 0.25) is 0 Å². The Labute approximate surface area is 103 Å². The van der Waals surface area contributed by atoms with Crippen LogP contribution in [0, 0.1) is 0 Å². The van der Waals surface area contributed by atoms with Gasteiger partial charge in [0.2, 0.25) is 0 Å². The minimum absolute atomic E-state index is 0.168. The van der Waals surface area contributed by atoms with E-state index in [-0.39, 0.29) is 5.56 Å². The number of aromatic nitrogens is 4. The molecule has 0 amide bonds. The summed E-state index contributed by atoms with van der Waals surface area (Å²) in [6.07, 6.45) is 2.19. The number of β-amino-alcohol motifs (C(OH)–C–C–N with tert-alkyl or cyclic N) is 1. The van der Waals surface area contributed by atoms with Gasteiger partial charge in [-0.05, 0) is 13.3 Å². The molecule has 0 bridgehead atoms. The maximum absolute atomic E-state index is 11.7. The van der Waals surface area contributed by atoms with Crippen molar-refractivity contribution in [2.24, 2.45) is 0 Å². The van der Waals surface area contributed by atoms with Gasteiger partial charge in [-0.15, -0.1) is 0 Å². The van der Waals surface area contributed by atoms with Gasteiger partial charge in [-0.25, -0.2) is 9.97 Å². The minimum Gasteiger partial charge on any atom is -0.389 e. The van der Waals surface area contributed by atoms with Crippen molar-refractivity contribution < 1.29 is 5.11 Å². The van der Waals surface area contributed by atoms with Crippen LogP contribution < -0.4 is 5.56 Å². The normalized spacial score (nSPS) is 25.0. The highest BCUT2D eigenvalue weighted by Gasteiger charge is 2.31. The van der Waals surface area contributed by atoms with Crippen LogP contribution in [0.5, 0.6) is 0 Å². The fourth-order valence-corrected chi connectivity index (χ4v) is 2.35. The predicted molar refractivity (Wildman–Crippen MR) is 64.1 cm³/mol. The second kappa shape index (κ2) is 3.89. The summed E-state index contributed by atoms with van der Waals surface area (Å²) in [7, 11) is 0. The molecule has 3 heterocycles. The Morgan fingerprint density at radius 1 is 1.61 bits per heavy atom. The molecule has 2 aromatic heterocycles. The van der Waals surface area contributed by atoms with E-state index in [0.717, 1.165) is 13.0 Å². The molecule has 0 saturated carbocycles. The monoisotopic (exact) mass is 249 g/mol. The van der Waals surface area contributed by atoms with Crippen molar-refractivity contribution >= 4 is 5.78 Å². The Balaban J connectivity index is 1.85. The summed E-state index contributed by atoms with van der Waals surface area (Å²) in [5.41, 5.74) is -0.117. The SMILES string of the molecule is CC1(O)CCN(Cc2cc(=O)n3[nH]cnc3n2)C1. The molecular formula is C11H15N5O2. The third-order valence-electron chi connectivity index (χ3n) is 3.24. The fourth-order valence-electron chi connectivity index (χ4n) is 2.35. The van der Waals surface area contributed by atoms with Crippen LogP contribution in [-0.2, 0) is 6.54 Å². The second-order valence-corrected chi connectivity index (χ2v) is 5.07. The fraction of sp³-hybridized carbons (Fsp3) is 0.545. The lowest BCUT2D eigenvalue weighted by Crippen LogP contribution is -2.30. The number of nitrogens with zero attached hydrogens (tertiary/aromatic N) is 4. The first-order valence-electron chi connectivity index (χ1n) is 5.90. The highest BCUT2D eigenvalue weighted by molar-refractivity contribution is 5.26. The Morgan fingerprint density at radius 2 is 2.44 bits per heavy atom. The summed E-state index contributed by atoms with van der Waals surface area (Å²) in [5, 5.41) is 12.6. The summed E-state index contributed by atoms with van der Waals surface area (Å²) < 4.78 is 1.30. The Kier molecular flexibility index (Phi) is 2.46. The summed E-state index contributed by atoms with van der Waals surface area (Å²) in [6, 6.07) is 1.50. The number of aliphatic hydroxyl groups is 1. The molecular weight excluding hydrogens is 234 g/mol. The van der Waals surface area contributed by atoms with E-state index in [9.17, 15) is 9.90 Å². The minimum atomic E-state index is -0.633. The maximum Gasteiger partial charge on any atom is 0.274 e. The van der Waals surface area contributed by atoms with Crippen LogP contribution in [0.25, 0.3) is 5.78 Å². The highest BCUT2D eigenvalue weighted by Crippen LogP contribution is 2.21. The Bertz CT molecular complexity index is 630. The summed E-state index contributed by atoms with van der Waals surface area (Å²) in [5.74, 6) is 0.378. The number of H-pyrrole nitrogens is 1. The van der Waals surface area contributed by atoms with E-state index in [4.69, 9.17) is 0 Å². The maximum atomic E-state index is 11.7. The first kappa shape index (κ1) is 11.4. The molecule has 1 unspecified atom stereocenters. The van der Waals surface area contributed by atoms with Gasteiger partial charge in [0.15, 0.2) is 0 Å². The number of rotatable bonds is 2. The van der Waals surface area contributed by atoms with Crippen LogP contribution in [0.4, 0.5) is 0 Å².